The molecule has 0 fully saturated rings. The molecule has 0 aliphatic carbocycles. The molecule has 2 rings (SSSR count). The van der Waals surface area contributed by atoms with Gasteiger partial charge in [-0.2, -0.15) is 10.5 Å². The Bertz CT molecular complexity index is 803. The number of nitrogens with zero attached hydrogens (tertiary/aromatic N) is 5. The van der Waals surface area contributed by atoms with Crippen LogP contribution >= 0.6 is 23.1 Å². The van der Waals surface area contributed by atoms with Crippen molar-refractivity contribution in [3.8, 4) is 12.1 Å². The molecule has 0 aliphatic heterocycles. The lowest BCUT2D eigenvalue weighted by molar-refractivity contribution is -0.113. The third-order valence-electron chi connectivity index (χ3n) is 2.37. The molecule has 0 bridgehead atoms. The number of thioether (sulfide) groups is 1. The van der Waals surface area contributed by atoms with Crippen molar-refractivity contribution in [3.05, 3.63) is 22.2 Å². The molecule has 10 heteroatoms. The molecule has 0 radical (unpaired) electrons. The topological polar surface area (TPSA) is 141 Å². The Balaban J connectivity index is 2.05. The summed E-state index contributed by atoms with van der Waals surface area (Å²) in [5, 5.41) is 29.6. The predicted molar refractivity (Wildman–Crippen MR) is 82.1 cm³/mol. The highest BCUT2D eigenvalue weighted by atomic mass is 32.2. The largest absolute Gasteiger partial charge is 0.383 e. The van der Waals surface area contributed by atoms with Gasteiger partial charge in [0.2, 0.25) is 11.0 Å². The summed E-state index contributed by atoms with van der Waals surface area (Å²) in [7, 11) is 0. The van der Waals surface area contributed by atoms with Gasteiger partial charge in [-0.3, -0.25) is 10.1 Å². The molecular weight excluding hydrogens is 322 g/mol. The summed E-state index contributed by atoms with van der Waals surface area (Å²) in [5.74, 6) is -0.232. The molecule has 3 N–H and O–H groups in total. The number of pyridine rings is 1. The van der Waals surface area contributed by atoms with Crippen LogP contribution in [0, 0.1) is 29.6 Å². The van der Waals surface area contributed by atoms with E-state index >= 15 is 0 Å². The van der Waals surface area contributed by atoms with Crippen molar-refractivity contribution in [2.24, 2.45) is 0 Å². The van der Waals surface area contributed by atoms with Crippen molar-refractivity contribution in [1.82, 2.24) is 15.2 Å². The van der Waals surface area contributed by atoms with Crippen molar-refractivity contribution < 1.29 is 4.79 Å². The molecule has 1 amide bonds. The number of carbonyl (C=O) groups is 1. The third kappa shape index (κ3) is 3.69. The molecule has 2 heterocycles. The van der Waals surface area contributed by atoms with E-state index in [4.69, 9.17) is 16.3 Å². The molecule has 0 saturated heterocycles. The monoisotopic (exact) mass is 331 g/mol. The summed E-state index contributed by atoms with van der Waals surface area (Å²) in [5.41, 5.74) is 5.95. The SMILES string of the molecule is Cc1nnc(NC(=O)CSc2nc(N)c(C#N)cc2C#N)s1. The highest BCUT2D eigenvalue weighted by Gasteiger charge is 2.13. The minimum Gasteiger partial charge on any atom is -0.383 e. The molecule has 2 aromatic heterocycles. The van der Waals surface area contributed by atoms with E-state index in [9.17, 15) is 4.79 Å². The highest BCUT2D eigenvalue weighted by Crippen LogP contribution is 2.24. The molecule has 2 aromatic rings. The average Bonchev–Trinajstić information content (AvgIpc) is 2.90. The van der Waals surface area contributed by atoms with Gasteiger partial charge >= 0.3 is 0 Å². The number of hydrogen-bond donors (Lipinski definition) is 2. The lowest BCUT2D eigenvalue weighted by atomic mass is 10.2. The number of aryl methyl sites for hydroxylation is 1. The third-order valence-corrected chi connectivity index (χ3v) is 4.12. The number of nitriles is 2. The Hall–Kier alpha value is -2.69. The Morgan fingerprint density at radius 3 is 2.73 bits per heavy atom. The minimum absolute atomic E-state index is 0.0316. The zero-order chi connectivity index (χ0) is 16.1. The second-order valence-corrected chi connectivity index (χ2v) is 6.11. The van der Waals surface area contributed by atoms with E-state index in [1.54, 1.807) is 6.92 Å². The molecule has 22 heavy (non-hydrogen) atoms. The highest BCUT2D eigenvalue weighted by molar-refractivity contribution is 8.00. The molecule has 0 spiro atoms. The van der Waals surface area contributed by atoms with E-state index in [-0.39, 0.29) is 28.6 Å². The van der Waals surface area contributed by atoms with Crippen LogP contribution in [0.3, 0.4) is 0 Å². The summed E-state index contributed by atoms with van der Waals surface area (Å²) in [6, 6.07) is 5.15. The van der Waals surface area contributed by atoms with Crippen molar-refractivity contribution in [3.63, 3.8) is 0 Å². The van der Waals surface area contributed by atoms with Crippen LogP contribution < -0.4 is 11.1 Å². The Morgan fingerprint density at radius 2 is 2.14 bits per heavy atom. The van der Waals surface area contributed by atoms with Crippen LogP contribution in [0.1, 0.15) is 16.1 Å². The maximum atomic E-state index is 11.8. The number of amides is 1. The maximum Gasteiger partial charge on any atom is 0.236 e. The lowest BCUT2D eigenvalue weighted by Gasteiger charge is -2.05. The van der Waals surface area contributed by atoms with E-state index in [1.165, 1.54) is 17.4 Å². The first-order valence-electron chi connectivity index (χ1n) is 5.87. The Morgan fingerprint density at radius 1 is 1.41 bits per heavy atom. The van der Waals surface area contributed by atoms with Crippen LogP contribution in [0.2, 0.25) is 0 Å². The van der Waals surface area contributed by atoms with Gasteiger partial charge in [-0.1, -0.05) is 23.1 Å². The molecule has 0 saturated carbocycles. The molecule has 0 aliphatic rings. The summed E-state index contributed by atoms with van der Waals surface area (Å²) in [6.07, 6.45) is 0. The first kappa shape index (κ1) is 15.7. The minimum atomic E-state index is -0.297. The Labute approximate surface area is 134 Å². The smallest absolute Gasteiger partial charge is 0.236 e. The normalized spacial score (nSPS) is 9.77. The van der Waals surface area contributed by atoms with Gasteiger partial charge in [-0.05, 0) is 13.0 Å². The molecular formula is C12H9N7OS2. The van der Waals surface area contributed by atoms with Crippen molar-refractivity contribution in [2.45, 2.75) is 11.9 Å². The Kier molecular flexibility index (Phi) is 4.88. The lowest BCUT2D eigenvalue weighted by Crippen LogP contribution is -2.14. The van der Waals surface area contributed by atoms with Crippen molar-refractivity contribution in [1.29, 1.82) is 10.5 Å². The molecule has 0 aromatic carbocycles. The van der Waals surface area contributed by atoms with Crippen LogP contribution in [-0.2, 0) is 4.79 Å². The number of carbonyl (C=O) groups excluding carboxylic acids is 1. The number of rotatable bonds is 4. The van der Waals surface area contributed by atoms with Gasteiger partial charge in [-0.15, -0.1) is 10.2 Å². The first-order chi connectivity index (χ1) is 10.5. The van der Waals surface area contributed by atoms with Crippen molar-refractivity contribution >= 4 is 40.0 Å². The number of aromatic nitrogens is 3. The summed E-state index contributed by atoms with van der Waals surface area (Å²) in [6.45, 7) is 1.78. The maximum absolute atomic E-state index is 11.8. The van der Waals surface area contributed by atoms with Crippen LogP contribution in [0.25, 0.3) is 0 Å². The summed E-state index contributed by atoms with van der Waals surface area (Å²) >= 11 is 2.33. The van der Waals surface area contributed by atoms with E-state index in [0.717, 1.165) is 16.8 Å². The van der Waals surface area contributed by atoms with Crippen molar-refractivity contribution in [2.75, 3.05) is 16.8 Å². The zero-order valence-corrected chi connectivity index (χ0v) is 13.0. The predicted octanol–water partition coefficient (Wildman–Crippen LogP) is 1.30. The second kappa shape index (κ2) is 6.85. The van der Waals surface area contributed by atoms with E-state index in [0.29, 0.717) is 10.2 Å². The van der Waals surface area contributed by atoms with Crippen LogP contribution in [0.5, 0.6) is 0 Å². The molecule has 0 unspecified atom stereocenters. The number of anilines is 2. The van der Waals surface area contributed by atoms with E-state index in [1.807, 2.05) is 12.1 Å². The fourth-order valence-electron chi connectivity index (χ4n) is 1.43. The van der Waals surface area contributed by atoms with Gasteiger partial charge in [0.05, 0.1) is 16.9 Å². The molecule has 0 atom stereocenters. The van der Waals surface area contributed by atoms with Gasteiger partial charge in [0.1, 0.15) is 28.0 Å². The fraction of sp³-hybridized carbons (Fsp3) is 0.167. The van der Waals surface area contributed by atoms with Gasteiger partial charge < -0.3 is 5.73 Å². The zero-order valence-electron chi connectivity index (χ0n) is 11.3. The summed E-state index contributed by atoms with van der Waals surface area (Å²) in [4.78, 5) is 15.8. The van der Waals surface area contributed by atoms with Crippen LogP contribution in [0.4, 0.5) is 10.9 Å². The standard InChI is InChI=1S/C12H9N7OS2/c1-6-18-19-12(22-6)16-9(20)5-21-11-8(4-14)2-7(3-13)10(15)17-11/h2H,5H2,1H3,(H2,15,17)(H,16,19,20). The number of nitrogens with two attached hydrogens (primary N) is 1. The fourth-order valence-corrected chi connectivity index (χ4v) is 2.80. The van der Waals surface area contributed by atoms with Gasteiger partial charge in [0.25, 0.3) is 0 Å². The van der Waals surface area contributed by atoms with Crippen LogP contribution in [-0.4, -0.2) is 26.8 Å². The number of nitrogens with one attached hydrogen (secondary N) is 1. The first-order valence-corrected chi connectivity index (χ1v) is 7.67. The van der Waals surface area contributed by atoms with Crippen LogP contribution in [0.15, 0.2) is 11.1 Å². The van der Waals surface area contributed by atoms with Gasteiger partial charge in [-0.25, -0.2) is 4.98 Å². The molecule has 8 nitrogen and oxygen atoms in total. The number of hydrogen-bond acceptors (Lipinski definition) is 9. The molecule has 110 valence electrons. The quantitative estimate of drug-likeness (QED) is 0.798. The number of nitrogen functional groups attached to an aromatic ring is 1. The second-order valence-electron chi connectivity index (χ2n) is 3.96. The average molecular weight is 331 g/mol. The van der Waals surface area contributed by atoms with E-state index < -0.39 is 0 Å². The summed E-state index contributed by atoms with van der Waals surface area (Å²) < 4.78 is 0. The van der Waals surface area contributed by atoms with Gasteiger partial charge in [0, 0.05) is 0 Å². The van der Waals surface area contributed by atoms with E-state index in [2.05, 4.69) is 20.5 Å². The van der Waals surface area contributed by atoms with Gasteiger partial charge in [0.15, 0.2) is 0 Å².